The normalized spacial score (nSPS) is 52.2. The molecule has 3 aliphatic rings. The zero-order valence-electron chi connectivity index (χ0n) is 10.8. The maximum Gasteiger partial charge on any atom is 0.323 e. The Kier molecular flexibility index (Phi) is 2.06. The molecule has 3 nitrogen and oxygen atoms in total. The van der Waals surface area contributed by atoms with Gasteiger partial charge in [0.2, 0.25) is 0 Å². The van der Waals surface area contributed by atoms with Crippen LogP contribution in [0, 0.1) is 22.7 Å². The first-order valence-electron chi connectivity index (χ1n) is 6.66. The fourth-order valence-electron chi connectivity index (χ4n) is 4.56. The van der Waals surface area contributed by atoms with E-state index in [2.05, 4.69) is 13.8 Å². The molecular weight excluding hydrogens is 216 g/mol. The molecule has 0 bridgehead atoms. The van der Waals surface area contributed by atoms with Crippen molar-refractivity contribution in [2.75, 3.05) is 0 Å². The summed E-state index contributed by atoms with van der Waals surface area (Å²) < 4.78 is 5.41. The van der Waals surface area contributed by atoms with Crippen molar-refractivity contribution >= 4 is 11.8 Å². The highest BCUT2D eigenvalue weighted by atomic mass is 16.6. The molecule has 2 saturated carbocycles. The molecule has 5 unspecified atom stereocenters. The van der Waals surface area contributed by atoms with Gasteiger partial charge in [-0.15, -0.1) is 0 Å². The molecule has 94 valence electrons. The molecule has 0 radical (unpaired) electrons. The van der Waals surface area contributed by atoms with E-state index in [0.717, 1.165) is 12.8 Å². The number of fused-ring (bicyclic) bond motifs is 3. The van der Waals surface area contributed by atoms with E-state index < -0.39 is 5.41 Å². The molecule has 0 spiro atoms. The third-order valence-electron chi connectivity index (χ3n) is 5.93. The zero-order chi connectivity index (χ0) is 12.4. The second-order valence-corrected chi connectivity index (χ2v) is 6.41. The second kappa shape index (κ2) is 3.12. The molecule has 3 heteroatoms. The quantitative estimate of drug-likeness (QED) is 0.518. The van der Waals surface area contributed by atoms with Gasteiger partial charge in [0.15, 0.2) is 11.2 Å². The van der Waals surface area contributed by atoms with Crippen LogP contribution in [0.5, 0.6) is 0 Å². The predicted molar refractivity (Wildman–Crippen MR) is 62.2 cm³/mol. The summed E-state index contributed by atoms with van der Waals surface area (Å²) >= 11 is 0. The van der Waals surface area contributed by atoms with E-state index >= 15 is 0 Å². The number of carbonyl (C=O) groups is 2. The van der Waals surface area contributed by atoms with Crippen molar-refractivity contribution in [3.8, 4) is 0 Å². The first-order valence-corrected chi connectivity index (χ1v) is 6.66. The molecule has 0 aromatic heterocycles. The van der Waals surface area contributed by atoms with E-state index in [-0.39, 0.29) is 23.3 Å². The fourth-order valence-corrected chi connectivity index (χ4v) is 4.56. The SMILES string of the molecule is CC(=O)C12CC3CCCC(C)C3(C)C1OC2=O. The average Bonchev–Trinajstić information content (AvgIpc) is 2.48. The van der Waals surface area contributed by atoms with E-state index in [1.807, 2.05) is 0 Å². The van der Waals surface area contributed by atoms with Crippen LogP contribution in [0.4, 0.5) is 0 Å². The predicted octanol–water partition coefficient (Wildman–Crippen LogP) is 2.33. The van der Waals surface area contributed by atoms with Crippen molar-refractivity contribution in [2.24, 2.45) is 22.7 Å². The lowest BCUT2D eigenvalue weighted by Gasteiger charge is -2.50. The monoisotopic (exact) mass is 236 g/mol. The fraction of sp³-hybridized carbons (Fsp3) is 0.857. The molecule has 5 atom stereocenters. The van der Waals surface area contributed by atoms with Crippen LogP contribution >= 0.6 is 0 Å². The summed E-state index contributed by atoms with van der Waals surface area (Å²) in [6.07, 6.45) is 4.13. The molecule has 0 amide bonds. The summed E-state index contributed by atoms with van der Waals surface area (Å²) in [7, 11) is 0. The molecule has 1 heterocycles. The summed E-state index contributed by atoms with van der Waals surface area (Å²) in [5.74, 6) is 0.770. The smallest absolute Gasteiger partial charge is 0.323 e. The second-order valence-electron chi connectivity index (χ2n) is 6.41. The van der Waals surface area contributed by atoms with Crippen molar-refractivity contribution in [1.29, 1.82) is 0 Å². The molecule has 1 aliphatic heterocycles. The van der Waals surface area contributed by atoms with Crippen LogP contribution in [0.1, 0.15) is 46.5 Å². The van der Waals surface area contributed by atoms with Crippen molar-refractivity contribution in [3.05, 3.63) is 0 Å². The minimum Gasteiger partial charge on any atom is -0.459 e. The molecule has 17 heavy (non-hydrogen) atoms. The van der Waals surface area contributed by atoms with Crippen molar-refractivity contribution < 1.29 is 14.3 Å². The van der Waals surface area contributed by atoms with Crippen LogP contribution in [0.25, 0.3) is 0 Å². The summed E-state index contributed by atoms with van der Waals surface area (Å²) in [5.41, 5.74) is -0.754. The summed E-state index contributed by atoms with van der Waals surface area (Å²) in [6, 6.07) is 0. The highest BCUT2D eigenvalue weighted by molar-refractivity contribution is 6.07. The Morgan fingerprint density at radius 1 is 1.41 bits per heavy atom. The van der Waals surface area contributed by atoms with Gasteiger partial charge in [-0.3, -0.25) is 9.59 Å². The van der Waals surface area contributed by atoms with E-state index in [1.54, 1.807) is 6.92 Å². The van der Waals surface area contributed by atoms with Crippen LogP contribution in [0.15, 0.2) is 0 Å². The van der Waals surface area contributed by atoms with Gasteiger partial charge < -0.3 is 4.74 Å². The van der Waals surface area contributed by atoms with Crippen LogP contribution in [0.3, 0.4) is 0 Å². The summed E-state index contributed by atoms with van der Waals surface area (Å²) in [4.78, 5) is 23.8. The van der Waals surface area contributed by atoms with Crippen LogP contribution in [-0.4, -0.2) is 17.9 Å². The Bertz CT molecular complexity index is 392. The number of ketones is 1. The molecule has 0 aromatic rings. The summed E-state index contributed by atoms with van der Waals surface area (Å²) in [5, 5.41) is 0. The number of carbonyl (C=O) groups excluding carboxylic acids is 2. The number of Topliss-reactive ketones (excluding diaryl/α,β-unsaturated/α-hetero) is 1. The van der Waals surface area contributed by atoms with Gasteiger partial charge in [-0.25, -0.2) is 0 Å². The van der Waals surface area contributed by atoms with Crippen LogP contribution in [0.2, 0.25) is 0 Å². The Labute approximate surface area is 102 Å². The minimum atomic E-state index is -0.780. The number of ether oxygens (including phenoxy) is 1. The van der Waals surface area contributed by atoms with E-state index in [0.29, 0.717) is 11.8 Å². The largest absolute Gasteiger partial charge is 0.459 e. The lowest BCUT2D eigenvalue weighted by molar-refractivity contribution is -0.217. The van der Waals surface area contributed by atoms with Gasteiger partial charge in [0.05, 0.1) is 0 Å². The number of esters is 1. The summed E-state index contributed by atoms with van der Waals surface area (Å²) in [6.45, 7) is 6.02. The van der Waals surface area contributed by atoms with Crippen molar-refractivity contribution in [3.63, 3.8) is 0 Å². The Balaban J connectivity index is 2.05. The average molecular weight is 236 g/mol. The number of hydrogen-bond donors (Lipinski definition) is 0. The van der Waals surface area contributed by atoms with Gasteiger partial charge >= 0.3 is 5.97 Å². The first kappa shape index (κ1) is 11.2. The Morgan fingerprint density at radius 2 is 2.12 bits per heavy atom. The molecular formula is C14H20O3. The maximum absolute atomic E-state index is 11.9. The van der Waals surface area contributed by atoms with Crippen molar-refractivity contribution in [2.45, 2.75) is 52.6 Å². The van der Waals surface area contributed by atoms with E-state index in [9.17, 15) is 9.59 Å². The van der Waals surface area contributed by atoms with Gasteiger partial charge in [0.1, 0.15) is 6.10 Å². The topological polar surface area (TPSA) is 43.4 Å². The van der Waals surface area contributed by atoms with Crippen molar-refractivity contribution in [1.82, 2.24) is 0 Å². The van der Waals surface area contributed by atoms with Gasteiger partial charge in [0.25, 0.3) is 0 Å². The molecule has 0 N–H and O–H groups in total. The molecule has 0 aromatic carbocycles. The van der Waals surface area contributed by atoms with Crippen LogP contribution in [-0.2, 0) is 14.3 Å². The lowest BCUT2D eigenvalue weighted by atomic mass is 9.60. The maximum atomic E-state index is 11.9. The molecule has 3 fully saturated rings. The highest BCUT2D eigenvalue weighted by Gasteiger charge is 2.75. The third kappa shape index (κ3) is 1.04. The lowest BCUT2D eigenvalue weighted by Crippen LogP contribution is -2.62. The Hall–Kier alpha value is -0.860. The molecule has 1 saturated heterocycles. The van der Waals surface area contributed by atoms with Gasteiger partial charge in [-0.2, -0.15) is 0 Å². The van der Waals surface area contributed by atoms with E-state index in [4.69, 9.17) is 4.74 Å². The highest BCUT2D eigenvalue weighted by Crippen LogP contribution is 2.66. The van der Waals surface area contributed by atoms with Gasteiger partial charge in [0, 0.05) is 5.41 Å². The number of hydrogen-bond acceptors (Lipinski definition) is 3. The minimum absolute atomic E-state index is 0.0153. The van der Waals surface area contributed by atoms with Gasteiger partial charge in [-0.05, 0) is 31.6 Å². The van der Waals surface area contributed by atoms with Gasteiger partial charge in [-0.1, -0.05) is 26.7 Å². The molecule has 3 rings (SSSR count). The number of rotatable bonds is 1. The zero-order valence-corrected chi connectivity index (χ0v) is 10.8. The van der Waals surface area contributed by atoms with Crippen LogP contribution < -0.4 is 0 Å². The standard InChI is InChI=1S/C14H20O3/c1-8-5-4-6-10-7-14(9(2)15)11(13(8,10)3)17-12(14)16/h8,10-11H,4-7H2,1-3H3. The third-order valence-corrected chi connectivity index (χ3v) is 5.93. The first-order chi connectivity index (χ1) is 7.94. The van der Waals surface area contributed by atoms with E-state index in [1.165, 1.54) is 12.8 Å². The Morgan fingerprint density at radius 3 is 2.71 bits per heavy atom. The molecule has 2 aliphatic carbocycles.